The lowest BCUT2D eigenvalue weighted by Gasteiger charge is -2.15. The molecular formula is C10H13BrN2O. The van der Waals surface area contributed by atoms with Gasteiger partial charge in [-0.05, 0) is 35.7 Å². The first-order valence-corrected chi connectivity index (χ1v) is 5.36. The van der Waals surface area contributed by atoms with Crippen molar-refractivity contribution >= 4 is 15.9 Å². The van der Waals surface area contributed by atoms with Crippen LogP contribution in [0.5, 0.6) is 5.75 Å². The quantitative estimate of drug-likeness (QED) is 0.882. The molecule has 4 heteroatoms. The van der Waals surface area contributed by atoms with Crippen molar-refractivity contribution in [2.24, 2.45) is 5.73 Å². The fourth-order valence-corrected chi connectivity index (χ4v) is 2.25. The third-order valence-electron chi connectivity index (χ3n) is 2.68. The number of pyridine rings is 1. The number of aromatic nitrogens is 1. The molecule has 0 amide bonds. The van der Waals surface area contributed by atoms with Gasteiger partial charge in [0, 0.05) is 11.8 Å². The number of ether oxygens (including phenoxy) is 1. The highest BCUT2D eigenvalue weighted by Gasteiger charge is 2.43. The maximum Gasteiger partial charge on any atom is 0.139 e. The molecule has 0 unspecified atom stereocenters. The van der Waals surface area contributed by atoms with Crippen LogP contribution in [0, 0.1) is 6.92 Å². The molecule has 1 saturated carbocycles. The van der Waals surface area contributed by atoms with Crippen molar-refractivity contribution in [1.29, 1.82) is 0 Å². The van der Waals surface area contributed by atoms with E-state index in [1.54, 1.807) is 13.3 Å². The molecule has 1 aromatic rings. The maximum absolute atomic E-state index is 6.11. The Morgan fingerprint density at radius 2 is 2.21 bits per heavy atom. The van der Waals surface area contributed by atoms with Crippen LogP contribution in [0.1, 0.15) is 24.1 Å². The molecule has 0 aromatic carbocycles. The van der Waals surface area contributed by atoms with Gasteiger partial charge in [0.1, 0.15) is 5.75 Å². The van der Waals surface area contributed by atoms with Crippen LogP contribution in [0.25, 0.3) is 0 Å². The highest BCUT2D eigenvalue weighted by molar-refractivity contribution is 9.10. The van der Waals surface area contributed by atoms with E-state index >= 15 is 0 Å². The van der Waals surface area contributed by atoms with Gasteiger partial charge < -0.3 is 10.5 Å². The Hall–Kier alpha value is -0.610. The Bertz CT molecular complexity index is 375. The normalized spacial score (nSPS) is 18.0. The summed E-state index contributed by atoms with van der Waals surface area (Å²) < 4.78 is 6.18. The second kappa shape index (κ2) is 3.21. The number of halogens is 1. The molecule has 0 saturated heterocycles. The summed E-state index contributed by atoms with van der Waals surface area (Å²) >= 11 is 3.40. The molecule has 3 nitrogen and oxygen atoms in total. The minimum Gasteiger partial charge on any atom is -0.495 e. The number of hydrogen-bond acceptors (Lipinski definition) is 3. The minimum atomic E-state index is -0.196. The summed E-state index contributed by atoms with van der Waals surface area (Å²) in [5.41, 5.74) is 7.93. The predicted molar refractivity (Wildman–Crippen MR) is 58.3 cm³/mol. The van der Waals surface area contributed by atoms with E-state index < -0.39 is 0 Å². The van der Waals surface area contributed by atoms with Gasteiger partial charge in [0.25, 0.3) is 0 Å². The lowest BCUT2D eigenvalue weighted by atomic mass is 10.1. The van der Waals surface area contributed by atoms with E-state index in [1.165, 1.54) is 0 Å². The lowest BCUT2D eigenvalue weighted by molar-refractivity contribution is 0.406. The molecule has 0 spiro atoms. The molecule has 1 aliphatic rings. The molecular weight excluding hydrogens is 244 g/mol. The zero-order chi connectivity index (χ0) is 10.3. The third kappa shape index (κ3) is 1.42. The Balaban J connectivity index is 2.53. The summed E-state index contributed by atoms with van der Waals surface area (Å²) in [6.07, 6.45) is 3.80. The largest absolute Gasteiger partial charge is 0.495 e. The molecule has 2 N–H and O–H groups in total. The number of nitrogens with zero attached hydrogens (tertiary/aromatic N) is 1. The Labute approximate surface area is 91.8 Å². The van der Waals surface area contributed by atoms with Crippen LogP contribution in [-0.4, -0.2) is 12.1 Å². The summed E-state index contributed by atoms with van der Waals surface area (Å²) in [4.78, 5) is 4.37. The summed E-state index contributed by atoms with van der Waals surface area (Å²) in [6, 6.07) is 0. The number of hydrogen-bond donors (Lipinski definition) is 1. The molecule has 1 aromatic heterocycles. The van der Waals surface area contributed by atoms with Crippen LogP contribution in [0.2, 0.25) is 0 Å². The first-order valence-electron chi connectivity index (χ1n) is 4.57. The molecule has 0 atom stereocenters. The molecule has 0 radical (unpaired) electrons. The van der Waals surface area contributed by atoms with Crippen LogP contribution >= 0.6 is 15.9 Å². The highest BCUT2D eigenvalue weighted by atomic mass is 79.9. The van der Waals surface area contributed by atoms with Gasteiger partial charge in [-0.3, -0.25) is 4.98 Å². The van der Waals surface area contributed by atoms with Gasteiger partial charge in [0.05, 0.1) is 22.8 Å². The molecule has 14 heavy (non-hydrogen) atoms. The maximum atomic E-state index is 6.11. The summed E-state index contributed by atoms with van der Waals surface area (Å²) in [5.74, 6) is 0.840. The molecule has 0 bridgehead atoms. The molecule has 1 fully saturated rings. The standard InChI is InChI=1S/C10H13BrN2O/c1-6-8(14-2)7(11)5-13-9(6)10(12)3-4-10/h5H,3-4,12H2,1-2H3. The first-order chi connectivity index (χ1) is 6.58. The van der Waals surface area contributed by atoms with E-state index in [4.69, 9.17) is 10.5 Å². The minimum absolute atomic E-state index is 0.196. The van der Waals surface area contributed by atoms with Crippen molar-refractivity contribution < 1.29 is 4.74 Å². The Kier molecular flexibility index (Phi) is 2.27. The fourth-order valence-electron chi connectivity index (χ4n) is 1.69. The van der Waals surface area contributed by atoms with E-state index in [-0.39, 0.29) is 5.54 Å². The van der Waals surface area contributed by atoms with E-state index in [0.29, 0.717) is 0 Å². The smallest absolute Gasteiger partial charge is 0.139 e. The zero-order valence-electron chi connectivity index (χ0n) is 8.30. The Morgan fingerprint density at radius 1 is 1.57 bits per heavy atom. The van der Waals surface area contributed by atoms with Crippen molar-refractivity contribution in [1.82, 2.24) is 4.98 Å². The molecule has 1 aliphatic carbocycles. The second-order valence-electron chi connectivity index (χ2n) is 3.77. The number of nitrogens with two attached hydrogens (primary N) is 1. The van der Waals surface area contributed by atoms with Gasteiger partial charge in [0.2, 0.25) is 0 Å². The topological polar surface area (TPSA) is 48.1 Å². The van der Waals surface area contributed by atoms with E-state index in [0.717, 1.165) is 34.3 Å². The van der Waals surface area contributed by atoms with E-state index in [1.807, 2.05) is 6.92 Å². The van der Waals surface area contributed by atoms with E-state index in [9.17, 15) is 0 Å². The van der Waals surface area contributed by atoms with Crippen LogP contribution in [0.15, 0.2) is 10.7 Å². The number of rotatable bonds is 2. The molecule has 2 rings (SSSR count). The van der Waals surface area contributed by atoms with Crippen molar-refractivity contribution in [3.63, 3.8) is 0 Å². The van der Waals surface area contributed by atoms with Gasteiger partial charge >= 0.3 is 0 Å². The van der Waals surface area contributed by atoms with Crippen molar-refractivity contribution in [2.45, 2.75) is 25.3 Å². The van der Waals surface area contributed by atoms with Gasteiger partial charge in [-0.15, -0.1) is 0 Å². The Morgan fingerprint density at radius 3 is 2.71 bits per heavy atom. The van der Waals surface area contributed by atoms with Crippen LogP contribution in [0.4, 0.5) is 0 Å². The summed E-state index contributed by atoms with van der Waals surface area (Å²) in [6.45, 7) is 2.00. The summed E-state index contributed by atoms with van der Waals surface area (Å²) in [5, 5.41) is 0. The number of methoxy groups -OCH3 is 1. The molecule has 76 valence electrons. The van der Waals surface area contributed by atoms with Crippen molar-refractivity contribution in [2.75, 3.05) is 7.11 Å². The highest BCUT2D eigenvalue weighted by Crippen LogP contribution is 2.45. The SMILES string of the molecule is COc1c(Br)cnc(C2(N)CC2)c1C. The molecule has 1 heterocycles. The summed E-state index contributed by atoms with van der Waals surface area (Å²) in [7, 11) is 1.66. The van der Waals surface area contributed by atoms with Crippen molar-refractivity contribution in [3.05, 3.63) is 21.9 Å². The second-order valence-corrected chi connectivity index (χ2v) is 4.62. The van der Waals surface area contributed by atoms with Crippen LogP contribution < -0.4 is 10.5 Å². The zero-order valence-corrected chi connectivity index (χ0v) is 9.89. The third-order valence-corrected chi connectivity index (χ3v) is 3.25. The predicted octanol–water partition coefficient (Wildman–Crippen LogP) is 2.11. The molecule has 0 aliphatic heterocycles. The average Bonchev–Trinajstić information content (AvgIpc) is 2.85. The average molecular weight is 257 g/mol. The monoisotopic (exact) mass is 256 g/mol. The van der Waals surface area contributed by atoms with Gasteiger partial charge in [-0.25, -0.2) is 0 Å². The van der Waals surface area contributed by atoms with Gasteiger partial charge in [-0.1, -0.05) is 0 Å². The van der Waals surface area contributed by atoms with E-state index in [2.05, 4.69) is 20.9 Å². The first kappa shape index (κ1) is 9.93. The van der Waals surface area contributed by atoms with Gasteiger partial charge in [0.15, 0.2) is 0 Å². The lowest BCUT2D eigenvalue weighted by Crippen LogP contribution is -2.22. The van der Waals surface area contributed by atoms with Gasteiger partial charge in [-0.2, -0.15) is 0 Å². The fraction of sp³-hybridized carbons (Fsp3) is 0.500. The van der Waals surface area contributed by atoms with Crippen molar-refractivity contribution in [3.8, 4) is 5.75 Å². The van der Waals surface area contributed by atoms with Crippen LogP contribution in [0.3, 0.4) is 0 Å². The van der Waals surface area contributed by atoms with Crippen LogP contribution in [-0.2, 0) is 5.54 Å².